The van der Waals surface area contributed by atoms with Gasteiger partial charge in [0.1, 0.15) is 6.26 Å². The van der Waals surface area contributed by atoms with Crippen LogP contribution in [0.2, 0.25) is 0 Å². The first-order chi connectivity index (χ1) is 7.84. The van der Waals surface area contributed by atoms with Gasteiger partial charge in [-0.05, 0) is 23.3 Å². The van der Waals surface area contributed by atoms with Crippen molar-refractivity contribution >= 4 is 5.78 Å². The minimum absolute atomic E-state index is 0.0171. The molecule has 0 unspecified atom stereocenters. The number of nitrogens with one attached hydrogen (secondary N) is 1. The van der Waals surface area contributed by atoms with Gasteiger partial charge in [-0.2, -0.15) is 0 Å². The van der Waals surface area contributed by atoms with Crippen molar-refractivity contribution in [3.05, 3.63) is 59.0 Å². The number of benzene rings is 1. The van der Waals surface area contributed by atoms with E-state index < -0.39 is 0 Å². The summed E-state index contributed by atoms with van der Waals surface area (Å²) in [7, 11) is 0. The Hall–Kier alpha value is -1.87. The SMILES string of the molecule is O=C(c1ccoc1)c1ccc2c(c1)CNC2. The molecule has 2 heterocycles. The molecule has 0 bridgehead atoms. The maximum atomic E-state index is 12.0. The lowest BCUT2D eigenvalue weighted by Crippen LogP contribution is -2.01. The van der Waals surface area contributed by atoms with Gasteiger partial charge in [0, 0.05) is 18.7 Å². The number of carbonyl (C=O) groups excluding carboxylic acids is 1. The fraction of sp³-hybridized carbons (Fsp3) is 0.154. The summed E-state index contributed by atoms with van der Waals surface area (Å²) in [6, 6.07) is 7.54. The van der Waals surface area contributed by atoms with E-state index in [2.05, 4.69) is 5.32 Å². The lowest BCUT2D eigenvalue weighted by atomic mass is 10.0. The van der Waals surface area contributed by atoms with Gasteiger partial charge in [0.2, 0.25) is 0 Å². The molecule has 80 valence electrons. The summed E-state index contributed by atoms with van der Waals surface area (Å²) in [5.41, 5.74) is 3.83. The topological polar surface area (TPSA) is 42.2 Å². The molecule has 0 fully saturated rings. The highest BCUT2D eigenvalue weighted by atomic mass is 16.3. The molecule has 3 nitrogen and oxygen atoms in total. The van der Waals surface area contributed by atoms with Crippen LogP contribution in [0.3, 0.4) is 0 Å². The molecule has 2 aromatic rings. The predicted molar refractivity (Wildman–Crippen MR) is 59.1 cm³/mol. The molecule has 0 aliphatic carbocycles. The van der Waals surface area contributed by atoms with E-state index >= 15 is 0 Å². The fourth-order valence-electron chi connectivity index (χ4n) is 2.00. The van der Waals surface area contributed by atoms with E-state index in [0.29, 0.717) is 5.56 Å². The fourth-order valence-corrected chi connectivity index (χ4v) is 2.00. The van der Waals surface area contributed by atoms with Gasteiger partial charge >= 0.3 is 0 Å². The third-order valence-electron chi connectivity index (χ3n) is 2.88. The molecule has 1 N–H and O–H groups in total. The summed E-state index contributed by atoms with van der Waals surface area (Å²) in [4.78, 5) is 12.0. The van der Waals surface area contributed by atoms with E-state index in [4.69, 9.17) is 4.42 Å². The van der Waals surface area contributed by atoms with E-state index in [1.54, 1.807) is 6.07 Å². The quantitative estimate of drug-likeness (QED) is 0.777. The molecular formula is C13H11NO2. The Kier molecular flexibility index (Phi) is 2.11. The number of hydrogen-bond acceptors (Lipinski definition) is 3. The van der Waals surface area contributed by atoms with Gasteiger partial charge in [-0.15, -0.1) is 0 Å². The minimum atomic E-state index is 0.0171. The molecule has 1 aliphatic rings. The molecular weight excluding hydrogens is 202 g/mol. The number of hydrogen-bond donors (Lipinski definition) is 1. The van der Waals surface area contributed by atoms with Crippen molar-refractivity contribution in [2.75, 3.05) is 0 Å². The maximum absolute atomic E-state index is 12.0. The molecule has 3 heteroatoms. The number of carbonyl (C=O) groups is 1. The lowest BCUT2D eigenvalue weighted by Gasteiger charge is -2.01. The lowest BCUT2D eigenvalue weighted by molar-refractivity contribution is 0.103. The minimum Gasteiger partial charge on any atom is -0.472 e. The first-order valence-electron chi connectivity index (χ1n) is 5.24. The molecule has 0 saturated carbocycles. The monoisotopic (exact) mass is 213 g/mol. The average Bonchev–Trinajstić information content (AvgIpc) is 2.98. The Morgan fingerprint density at radius 3 is 2.81 bits per heavy atom. The second kappa shape index (κ2) is 3.61. The summed E-state index contributed by atoms with van der Waals surface area (Å²) in [5, 5.41) is 3.26. The van der Waals surface area contributed by atoms with Crippen LogP contribution in [0.25, 0.3) is 0 Å². The number of furan rings is 1. The number of fused-ring (bicyclic) bond motifs is 1. The van der Waals surface area contributed by atoms with Crippen molar-refractivity contribution in [2.45, 2.75) is 13.1 Å². The summed E-state index contributed by atoms with van der Waals surface area (Å²) < 4.78 is 4.92. The highest BCUT2D eigenvalue weighted by molar-refractivity contribution is 6.08. The largest absolute Gasteiger partial charge is 0.472 e. The third-order valence-corrected chi connectivity index (χ3v) is 2.88. The Morgan fingerprint density at radius 1 is 1.12 bits per heavy atom. The van der Waals surface area contributed by atoms with Gasteiger partial charge in [0.05, 0.1) is 11.8 Å². The Morgan fingerprint density at radius 2 is 2.00 bits per heavy atom. The van der Waals surface area contributed by atoms with Crippen molar-refractivity contribution in [3.8, 4) is 0 Å². The van der Waals surface area contributed by atoms with Crippen LogP contribution < -0.4 is 5.32 Å². The first-order valence-corrected chi connectivity index (χ1v) is 5.24. The second-order valence-electron chi connectivity index (χ2n) is 3.93. The molecule has 1 aromatic carbocycles. The molecule has 0 amide bonds. The molecule has 16 heavy (non-hydrogen) atoms. The van der Waals surface area contributed by atoms with Crippen molar-refractivity contribution in [3.63, 3.8) is 0 Å². The zero-order chi connectivity index (χ0) is 11.0. The highest BCUT2D eigenvalue weighted by Crippen LogP contribution is 2.19. The van der Waals surface area contributed by atoms with E-state index in [-0.39, 0.29) is 5.78 Å². The third kappa shape index (κ3) is 1.46. The average molecular weight is 213 g/mol. The zero-order valence-corrected chi connectivity index (χ0v) is 8.69. The molecule has 1 aliphatic heterocycles. The summed E-state index contributed by atoms with van der Waals surface area (Å²) >= 11 is 0. The summed E-state index contributed by atoms with van der Waals surface area (Å²) in [6.07, 6.45) is 3.00. The predicted octanol–water partition coefficient (Wildman–Crippen LogP) is 2.11. The Labute approximate surface area is 93.1 Å². The standard InChI is InChI=1S/C13H11NO2/c15-13(11-3-4-16-8-11)9-1-2-10-6-14-7-12(10)5-9/h1-5,8,14H,6-7H2. The molecule has 3 rings (SSSR count). The maximum Gasteiger partial charge on any atom is 0.196 e. The molecule has 0 saturated heterocycles. The van der Waals surface area contributed by atoms with Crippen LogP contribution in [0.5, 0.6) is 0 Å². The molecule has 0 atom stereocenters. The van der Waals surface area contributed by atoms with Crippen LogP contribution in [-0.2, 0) is 13.1 Å². The molecule has 0 spiro atoms. The van der Waals surface area contributed by atoms with Crippen molar-refractivity contribution in [2.24, 2.45) is 0 Å². The van der Waals surface area contributed by atoms with Gasteiger partial charge in [-0.25, -0.2) is 0 Å². The van der Waals surface area contributed by atoms with Crippen LogP contribution in [-0.4, -0.2) is 5.78 Å². The molecule has 0 radical (unpaired) electrons. The highest BCUT2D eigenvalue weighted by Gasteiger charge is 2.15. The van der Waals surface area contributed by atoms with Gasteiger partial charge in [0.25, 0.3) is 0 Å². The van der Waals surface area contributed by atoms with Crippen molar-refractivity contribution in [1.82, 2.24) is 5.32 Å². The van der Waals surface area contributed by atoms with Crippen LogP contribution >= 0.6 is 0 Å². The normalized spacial score (nSPS) is 13.8. The van der Waals surface area contributed by atoms with Crippen LogP contribution in [0.15, 0.2) is 41.2 Å². The van der Waals surface area contributed by atoms with Crippen molar-refractivity contribution in [1.29, 1.82) is 0 Å². The van der Waals surface area contributed by atoms with Crippen LogP contribution in [0.1, 0.15) is 27.0 Å². The second-order valence-corrected chi connectivity index (χ2v) is 3.93. The van der Waals surface area contributed by atoms with Gasteiger partial charge in [0.15, 0.2) is 5.78 Å². The van der Waals surface area contributed by atoms with Gasteiger partial charge in [-0.1, -0.05) is 12.1 Å². The summed E-state index contributed by atoms with van der Waals surface area (Å²) in [5.74, 6) is 0.0171. The first kappa shape index (κ1) is 9.36. The Balaban J connectivity index is 1.99. The Bertz CT molecular complexity index is 529. The van der Waals surface area contributed by atoms with E-state index in [1.165, 1.54) is 23.7 Å². The van der Waals surface area contributed by atoms with Gasteiger partial charge < -0.3 is 9.73 Å². The smallest absolute Gasteiger partial charge is 0.196 e. The van der Waals surface area contributed by atoms with E-state index in [0.717, 1.165) is 18.7 Å². The van der Waals surface area contributed by atoms with Crippen LogP contribution in [0, 0.1) is 0 Å². The molecule has 1 aromatic heterocycles. The van der Waals surface area contributed by atoms with Gasteiger partial charge in [-0.3, -0.25) is 4.79 Å². The van der Waals surface area contributed by atoms with E-state index in [9.17, 15) is 4.79 Å². The van der Waals surface area contributed by atoms with Crippen LogP contribution in [0.4, 0.5) is 0 Å². The number of ketones is 1. The number of rotatable bonds is 2. The van der Waals surface area contributed by atoms with E-state index in [1.807, 2.05) is 18.2 Å². The van der Waals surface area contributed by atoms with Crippen molar-refractivity contribution < 1.29 is 9.21 Å². The zero-order valence-electron chi connectivity index (χ0n) is 8.69. The summed E-state index contributed by atoms with van der Waals surface area (Å²) in [6.45, 7) is 1.75.